The molecule has 4 rings (SSSR count). The van der Waals surface area contributed by atoms with E-state index in [1.807, 2.05) is 103 Å². The van der Waals surface area contributed by atoms with E-state index in [4.69, 9.17) is 9.47 Å². The van der Waals surface area contributed by atoms with Gasteiger partial charge in [0.15, 0.2) is 0 Å². The quantitative estimate of drug-likeness (QED) is 0.169. The van der Waals surface area contributed by atoms with E-state index in [9.17, 15) is 10.0 Å². The summed E-state index contributed by atoms with van der Waals surface area (Å²) in [6, 6.07) is 31.3. The molecule has 1 amide bonds. The first-order valence-electron chi connectivity index (χ1n) is 11.3. The number of carbonyl (C=O) groups is 1. The molecule has 1 atom stereocenters. The third-order valence-corrected chi connectivity index (χ3v) is 5.64. The van der Waals surface area contributed by atoms with Gasteiger partial charge in [0.05, 0.1) is 13.2 Å². The predicted octanol–water partition coefficient (Wildman–Crippen LogP) is 7.25. The van der Waals surface area contributed by atoms with Gasteiger partial charge >= 0.3 is 0 Å². The number of hydrogen-bond donors (Lipinski definition) is 1. The van der Waals surface area contributed by atoms with E-state index in [0.717, 1.165) is 39.0 Å². The van der Waals surface area contributed by atoms with Crippen molar-refractivity contribution in [2.45, 2.75) is 13.0 Å². The fraction of sp³-hybridized carbons (Fsp3) is 0.100. The van der Waals surface area contributed by atoms with Crippen LogP contribution < -0.4 is 9.47 Å². The molecule has 5 heteroatoms. The van der Waals surface area contributed by atoms with E-state index in [-0.39, 0.29) is 0 Å². The van der Waals surface area contributed by atoms with Gasteiger partial charge in [0, 0.05) is 5.56 Å². The summed E-state index contributed by atoms with van der Waals surface area (Å²) in [6.45, 7) is 1.79. The predicted molar refractivity (Wildman–Crippen MR) is 138 cm³/mol. The Morgan fingerprint density at radius 1 is 0.771 bits per heavy atom. The van der Waals surface area contributed by atoms with E-state index in [1.54, 1.807) is 26.2 Å². The van der Waals surface area contributed by atoms with Gasteiger partial charge in [-0.2, -0.15) is 0 Å². The van der Waals surface area contributed by atoms with E-state index in [0.29, 0.717) is 5.56 Å². The minimum absolute atomic E-state index is 0.419. The molecule has 35 heavy (non-hydrogen) atoms. The van der Waals surface area contributed by atoms with Crippen LogP contribution in [0, 0.1) is 0 Å². The van der Waals surface area contributed by atoms with Crippen LogP contribution in [0.15, 0.2) is 103 Å². The molecule has 0 aliphatic carbocycles. The SMILES string of the molecule is COc1ccc(Oc2cccc(C=Cc3ccc(C(=O)N(O)C(C)c4ccccc4)cc3)c2)cc1. The highest BCUT2D eigenvalue weighted by Gasteiger charge is 2.20. The molecule has 0 saturated heterocycles. The van der Waals surface area contributed by atoms with Crippen LogP contribution in [0.1, 0.15) is 40.0 Å². The van der Waals surface area contributed by atoms with Crippen molar-refractivity contribution in [3.8, 4) is 17.2 Å². The number of amides is 1. The zero-order chi connectivity index (χ0) is 24.6. The maximum atomic E-state index is 12.7. The summed E-state index contributed by atoms with van der Waals surface area (Å²) in [6.07, 6.45) is 3.94. The maximum absolute atomic E-state index is 12.7. The minimum Gasteiger partial charge on any atom is -0.497 e. The Kier molecular flexibility index (Phi) is 7.60. The van der Waals surface area contributed by atoms with Crippen molar-refractivity contribution in [1.29, 1.82) is 0 Å². The van der Waals surface area contributed by atoms with Crippen LogP contribution in [0.4, 0.5) is 0 Å². The highest BCUT2D eigenvalue weighted by atomic mass is 16.5. The van der Waals surface area contributed by atoms with Gasteiger partial charge in [-0.3, -0.25) is 10.0 Å². The van der Waals surface area contributed by atoms with Gasteiger partial charge in [0.2, 0.25) is 0 Å². The Labute approximate surface area is 205 Å². The normalized spacial score (nSPS) is 11.7. The van der Waals surface area contributed by atoms with Crippen LogP contribution in [0.2, 0.25) is 0 Å². The summed E-state index contributed by atoms with van der Waals surface area (Å²) in [5.74, 6) is 1.79. The second kappa shape index (κ2) is 11.2. The van der Waals surface area contributed by atoms with Crippen molar-refractivity contribution in [1.82, 2.24) is 5.06 Å². The second-order valence-corrected chi connectivity index (χ2v) is 8.04. The zero-order valence-corrected chi connectivity index (χ0v) is 19.7. The lowest BCUT2D eigenvalue weighted by atomic mass is 10.1. The fourth-order valence-electron chi connectivity index (χ4n) is 3.57. The first-order valence-corrected chi connectivity index (χ1v) is 11.3. The van der Waals surface area contributed by atoms with Crippen molar-refractivity contribution in [3.63, 3.8) is 0 Å². The van der Waals surface area contributed by atoms with E-state index >= 15 is 0 Å². The molecule has 176 valence electrons. The van der Waals surface area contributed by atoms with Gasteiger partial charge in [-0.1, -0.05) is 66.7 Å². The number of ether oxygens (including phenoxy) is 2. The monoisotopic (exact) mass is 465 g/mol. The molecular weight excluding hydrogens is 438 g/mol. The van der Waals surface area contributed by atoms with Crippen LogP contribution in [0.25, 0.3) is 12.2 Å². The van der Waals surface area contributed by atoms with Crippen LogP contribution in [0.3, 0.4) is 0 Å². The lowest BCUT2D eigenvalue weighted by Gasteiger charge is -2.23. The summed E-state index contributed by atoms with van der Waals surface area (Å²) < 4.78 is 11.1. The molecular formula is C30H27NO4. The molecule has 0 saturated carbocycles. The van der Waals surface area contributed by atoms with Crippen molar-refractivity contribution in [3.05, 3.63) is 125 Å². The summed E-state index contributed by atoms with van der Waals surface area (Å²) >= 11 is 0. The Hall–Kier alpha value is -4.35. The lowest BCUT2D eigenvalue weighted by Crippen LogP contribution is -2.30. The Morgan fingerprint density at radius 3 is 2.11 bits per heavy atom. The van der Waals surface area contributed by atoms with Crippen LogP contribution in [0.5, 0.6) is 17.2 Å². The van der Waals surface area contributed by atoms with Crippen LogP contribution in [-0.2, 0) is 0 Å². The molecule has 0 radical (unpaired) electrons. The van der Waals surface area contributed by atoms with Gasteiger partial charge in [-0.25, -0.2) is 5.06 Å². The average Bonchev–Trinajstić information content (AvgIpc) is 2.92. The Balaban J connectivity index is 1.40. The van der Waals surface area contributed by atoms with Crippen molar-refractivity contribution in [2.75, 3.05) is 7.11 Å². The van der Waals surface area contributed by atoms with Crippen molar-refractivity contribution in [2.24, 2.45) is 0 Å². The van der Waals surface area contributed by atoms with Crippen LogP contribution >= 0.6 is 0 Å². The summed E-state index contributed by atoms with van der Waals surface area (Å²) in [7, 11) is 1.63. The van der Waals surface area contributed by atoms with Crippen molar-refractivity contribution < 1.29 is 19.5 Å². The fourth-order valence-corrected chi connectivity index (χ4v) is 3.57. The van der Waals surface area contributed by atoms with Crippen LogP contribution in [-0.4, -0.2) is 23.3 Å². The minimum atomic E-state index is -0.448. The number of methoxy groups -OCH3 is 1. The number of nitrogens with zero attached hydrogens (tertiary/aromatic N) is 1. The number of carbonyl (C=O) groups excluding carboxylic acids is 1. The summed E-state index contributed by atoms with van der Waals surface area (Å²) in [5, 5.41) is 11.2. The van der Waals surface area contributed by atoms with Gasteiger partial charge in [-0.15, -0.1) is 0 Å². The highest BCUT2D eigenvalue weighted by Crippen LogP contribution is 2.25. The third-order valence-electron chi connectivity index (χ3n) is 5.64. The molecule has 1 N–H and O–H groups in total. The van der Waals surface area contributed by atoms with E-state index < -0.39 is 11.9 Å². The van der Waals surface area contributed by atoms with E-state index in [2.05, 4.69) is 0 Å². The molecule has 0 bridgehead atoms. The molecule has 0 fully saturated rings. The molecule has 0 heterocycles. The smallest absolute Gasteiger partial charge is 0.277 e. The molecule has 4 aromatic carbocycles. The third kappa shape index (κ3) is 6.16. The number of rotatable bonds is 8. The first kappa shape index (κ1) is 23.8. The number of hydroxylamine groups is 2. The second-order valence-electron chi connectivity index (χ2n) is 8.04. The molecule has 0 spiro atoms. The molecule has 0 aliphatic heterocycles. The molecule has 4 aromatic rings. The lowest BCUT2D eigenvalue weighted by molar-refractivity contribution is -0.0854. The summed E-state index contributed by atoms with van der Waals surface area (Å²) in [5.41, 5.74) is 3.20. The number of benzene rings is 4. The van der Waals surface area contributed by atoms with Gasteiger partial charge < -0.3 is 9.47 Å². The summed E-state index contributed by atoms with van der Waals surface area (Å²) in [4.78, 5) is 12.7. The Morgan fingerprint density at radius 2 is 1.43 bits per heavy atom. The molecule has 5 nitrogen and oxygen atoms in total. The first-order chi connectivity index (χ1) is 17.0. The van der Waals surface area contributed by atoms with Gasteiger partial charge in [-0.05, 0) is 72.1 Å². The van der Waals surface area contributed by atoms with Gasteiger partial charge in [0.1, 0.15) is 17.2 Å². The molecule has 0 aromatic heterocycles. The maximum Gasteiger partial charge on any atom is 0.277 e. The topological polar surface area (TPSA) is 59.0 Å². The largest absolute Gasteiger partial charge is 0.497 e. The van der Waals surface area contributed by atoms with E-state index in [1.165, 1.54) is 0 Å². The van der Waals surface area contributed by atoms with Crippen molar-refractivity contribution >= 4 is 18.1 Å². The zero-order valence-electron chi connectivity index (χ0n) is 19.7. The average molecular weight is 466 g/mol. The number of hydrogen-bond acceptors (Lipinski definition) is 4. The standard InChI is InChI=1S/C30H27NO4/c1-22(25-8-4-3-5-9-25)31(33)30(32)26-15-13-23(14-16-26)11-12-24-7-6-10-29(21-24)35-28-19-17-27(34-2)18-20-28/h3-22,33H,1-2H3. The Bertz CT molecular complexity index is 1280. The van der Waals surface area contributed by atoms with Gasteiger partial charge in [0.25, 0.3) is 5.91 Å². The molecule has 0 aliphatic rings. The highest BCUT2D eigenvalue weighted by molar-refractivity contribution is 5.94. The molecule has 1 unspecified atom stereocenters.